The summed E-state index contributed by atoms with van der Waals surface area (Å²) in [7, 11) is -2.62. The number of aliphatic carboxylic acids is 1. The maximum atomic E-state index is 13.4. The second-order valence-corrected chi connectivity index (χ2v) is 12.2. The van der Waals surface area contributed by atoms with Crippen LogP contribution in [0.25, 0.3) is 0 Å². The lowest BCUT2D eigenvalue weighted by Crippen LogP contribution is -2.55. The third-order valence-electron chi connectivity index (χ3n) is 6.61. The van der Waals surface area contributed by atoms with Crippen molar-refractivity contribution in [1.82, 2.24) is 14.0 Å². The fourth-order valence-electron chi connectivity index (χ4n) is 4.62. The van der Waals surface area contributed by atoms with Crippen molar-refractivity contribution < 1.29 is 27.5 Å². The number of thiazole rings is 1. The fourth-order valence-corrected chi connectivity index (χ4v) is 7.28. The predicted molar refractivity (Wildman–Crippen MR) is 130 cm³/mol. The second-order valence-electron chi connectivity index (χ2n) is 8.98. The maximum Gasteiger partial charge on any atom is 0.303 e. The number of carbonyl (C=O) groups is 2. The van der Waals surface area contributed by atoms with E-state index in [0.29, 0.717) is 5.01 Å². The molecule has 35 heavy (non-hydrogen) atoms. The molecule has 2 aliphatic rings. The van der Waals surface area contributed by atoms with Gasteiger partial charge in [-0.2, -0.15) is 17.4 Å². The maximum absolute atomic E-state index is 13.4. The van der Waals surface area contributed by atoms with Gasteiger partial charge < -0.3 is 10.4 Å². The van der Waals surface area contributed by atoms with Gasteiger partial charge in [0.05, 0.1) is 11.1 Å². The monoisotopic (exact) mass is 544 g/mol. The minimum Gasteiger partial charge on any atom is -0.481 e. The van der Waals surface area contributed by atoms with E-state index >= 15 is 0 Å². The van der Waals surface area contributed by atoms with E-state index in [0.717, 1.165) is 40.9 Å². The first kappa shape index (κ1) is 26.0. The molecule has 1 amide bonds. The van der Waals surface area contributed by atoms with E-state index in [1.807, 2.05) is 0 Å². The van der Waals surface area contributed by atoms with Gasteiger partial charge in [-0.1, -0.05) is 11.6 Å². The smallest absolute Gasteiger partial charge is 0.303 e. The third kappa shape index (κ3) is 6.00. The molecule has 2 atom stereocenters. The molecule has 1 aliphatic carbocycles. The van der Waals surface area contributed by atoms with Gasteiger partial charge in [-0.05, 0) is 62.1 Å². The molecule has 0 spiro atoms. The highest BCUT2D eigenvalue weighted by molar-refractivity contribution is 7.87. The lowest BCUT2D eigenvalue weighted by molar-refractivity contribution is -0.138. The van der Waals surface area contributed by atoms with Gasteiger partial charge in [0.15, 0.2) is 0 Å². The average molecular weight is 545 g/mol. The lowest BCUT2D eigenvalue weighted by Gasteiger charge is -2.35. The molecule has 2 aromatic rings. The molecule has 190 valence electrons. The number of amides is 1. The van der Waals surface area contributed by atoms with Gasteiger partial charge in [0, 0.05) is 30.2 Å². The largest absolute Gasteiger partial charge is 0.481 e. The first-order valence-electron chi connectivity index (χ1n) is 11.2. The molecule has 9 nitrogen and oxygen atoms in total. The molecular weight excluding hydrogens is 519 g/mol. The van der Waals surface area contributed by atoms with Crippen molar-refractivity contribution in [2.45, 2.75) is 56.5 Å². The Morgan fingerprint density at radius 2 is 2.03 bits per heavy atom. The van der Waals surface area contributed by atoms with Crippen LogP contribution in [-0.2, 0) is 19.8 Å². The molecule has 13 heteroatoms. The molecule has 1 saturated carbocycles. The quantitative estimate of drug-likeness (QED) is 0.506. The van der Waals surface area contributed by atoms with E-state index in [4.69, 9.17) is 16.7 Å². The predicted octanol–water partition coefficient (Wildman–Crippen LogP) is 3.90. The van der Waals surface area contributed by atoms with Gasteiger partial charge in [0.25, 0.3) is 10.2 Å². The van der Waals surface area contributed by atoms with Crippen molar-refractivity contribution in [1.29, 1.82) is 0 Å². The summed E-state index contributed by atoms with van der Waals surface area (Å²) in [6.45, 7) is 0. The number of aromatic nitrogens is 1. The number of nitrogens with zero attached hydrogens (tertiary/aromatic N) is 2. The summed E-state index contributed by atoms with van der Waals surface area (Å²) in [6.07, 6.45) is 5.50. The summed E-state index contributed by atoms with van der Waals surface area (Å²) in [6, 6.07) is 2.06. The molecule has 3 N–H and O–H groups in total. The topological polar surface area (TPSA) is 129 Å². The Bertz CT molecular complexity index is 1220. The van der Waals surface area contributed by atoms with E-state index in [1.54, 1.807) is 6.20 Å². The highest BCUT2D eigenvalue weighted by atomic mass is 35.5. The van der Waals surface area contributed by atoms with E-state index in [-0.39, 0.29) is 35.4 Å². The Morgan fingerprint density at radius 3 is 2.69 bits per heavy atom. The highest BCUT2D eigenvalue weighted by Gasteiger charge is 2.42. The standard InChI is InChI=1S/C22H26ClFN4O5S2/c1-28-18(21(31)26-14-6-7-16(24)15(23)9-14)10-17(27-35(28,32)33)22-25-11-19(34-22)13-4-2-12(3-5-13)8-20(29)30/h6-7,9,11-13,17-18,27H,2-5,8,10H2,1H3,(H,26,31)(H,29,30)/t12?,13?,17-,18+/m0/s1. The molecule has 2 fully saturated rings. The summed E-state index contributed by atoms with van der Waals surface area (Å²) in [4.78, 5) is 29.4. The number of carboxylic acid groups (broad SMARTS) is 1. The number of likely N-dealkylation sites (N-methyl/N-ethyl adjacent to an activating group) is 1. The normalized spacial score (nSPS) is 26.8. The number of anilines is 1. The number of carboxylic acids is 1. The lowest BCUT2D eigenvalue weighted by atomic mass is 9.80. The number of carbonyl (C=O) groups excluding carboxylic acids is 1. The van der Waals surface area contributed by atoms with E-state index in [2.05, 4.69) is 15.0 Å². The summed E-state index contributed by atoms with van der Waals surface area (Å²) in [5.74, 6) is -1.51. The van der Waals surface area contributed by atoms with Crippen LogP contribution in [0.1, 0.15) is 60.4 Å². The second kappa shape index (κ2) is 10.5. The number of hydrogen-bond donors (Lipinski definition) is 3. The molecule has 1 aliphatic heterocycles. The van der Waals surface area contributed by atoms with Crippen LogP contribution in [0, 0.1) is 11.7 Å². The van der Waals surface area contributed by atoms with Crippen molar-refractivity contribution >= 4 is 50.7 Å². The Labute approximate surface area is 211 Å². The molecular formula is C22H26ClFN4O5S2. The molecule has 0 bridgehead atoms. The number of benzene rings is 1. The van der Waals surface area contributed by atoms with Gasteiger partial charge in [0.1, 0.15) is 16.9 Å². The third-order valence-corrected chi connectivity index (χ3v) is 9.77. The van der Waals surface area contributed by atoms with E-state index in [1.165, 1.54) is 30.5 Å². The van der Waals surface area contributed by atoms with Crippen LogP contribution in [0.2, 0.25) is 5.02 Å². The average Bonchev–Trinajstić information content (AvgIpc) is 3.28. The Balaban J connectivity index is 1.46. The summed E-state index contributed by atoms with van der Waals surface area (Å²) < 4.78 is 42.5. The zero-order chi connectivity index (χ0) is 25.3. The van der Waals surface area contributed by atoms with Crippen LogP contribution in [-0.4, -0.2) is 47.8 Å². The molecule has 0 unspecified atom stereocenters. The first-order chi connectivity index (χ1) is 16.5. The first-order valence-corrected chi connectivity index (χ1v) is 13.9. The molecule has 1 saturated heterocycles. The number of rotatable bonds is 6. The van der Waals surface area contributed by atoms with Crippen LogP contribution in [0.3, 0.4) is 0 Å². The van der Waals surface area contributed by atoms with Crippen LogP contribution in [0.5, 0.6) is 0 Å². The van der Waals surface area contributed by atoms with Gasteiger partial charge in [-0.25, -0.2) is 9.37 Å². The van der Waals surface area contributed by atoms with Crippen molar-refractivity contribution in [2.75, 3.05) is 12.4 Å². The summed E-state index contributed by atoms with van der Waals surface area (Å²) in [5.41, 5.74) is 0.261. The zero-order valence-corrected chi connectivity index (χ0v) is 21.3. The Morgan fingerprint density at radius 1 is 1.31 bits per heavy atom. The number of hydrogen-bond acceptors (Lipinski definition) is 6. The van der Waals surface area contributed by atoms with E-state index < -0.39 is 40.0 Å². The molecule has 2 heterocycles. The Hall–Kier alpha value is -2.12. The van der Waals surface area contributed by atoms with Crippen LogP contribution >= 0.6 is 22.9 Å². The van der Waals surface area contributed by atoms with E-state index in [9.17, 15) is 22.4 Å². The molecule has 1 aromatic carbocycles. The summed E-state index contributed by atoms with van der Waals surface area (Å²) >= 11 is 7.20. The fraction of sp³-hybridized carbons (Fsp3) is 0.500. The van der Waals surface area contributed by atoms with Crippen molar-refractivity contribution in [3.05, 3.63) is 45.1 Å². The summed E-state index contributed by atoms with van der Waals surface area (Å²) in [5, 5.41) is 12.0. The van der Waals surface area contributed by atoms with Crippen LogP contribution < -0.4 is 10.0 Å². The highest BCUT2D eigenvalue weighted by Crippen LogP contribution is 2.41. The van der Waals surface area contributed by atoms with Crippen LogP contribution in [0.4, 0.5) is 10.1 Å². The van der Waals surface area contributed by atoms with Gasteiger partial charge >= 0.3 is 5.97 Å². The zero-order valence-electron chi connectivity index (χ0n) is 18.9. The number of halogens is 2. The SMILES string of the molecule is CN1[C@@H](C(=O)Nc2ccc(F)c(Cl)c2)C[C@@H](c2ncc(C3CCC(CC(=O)O)CC3)s2)NS1(=O)=O. The minimum absolute atomic E-state index is 0.153. The van der Waals surface area contributed by atoms with Gasteiger partial charge in [-0.15, -0.1) is 11.3 Å². The Kier molecular flexibility index (Phi) is 7.77. The van der Waals surface area contributed by atoms with Gasteiger partial charge in [-0.3, -0.25) is 9.59 Å². The molecule has 4 rings (SSSR count). The van der Waals surface area contributed by atoms with Gasteiger partial charge in [0.2, 0.25) is 5.91 Å². The minimum atomic E-state index is -3.95. The molecule has 1 aromatic heterocycles. The van der Waals surface area contributed by atoms with Crippen molar-refractivity contribution in [3.8, 4) is 0 Å². The van der Waals surface area contributed by atoms with Crippen molar-refractivity contribution in [2.24, 2.45) is 5.92 Å². The molecule has 0 radical (unpaired) electrons. The number of nitrogens with one attached hydrogen (secondary N) is 2. The van der Waals surface area contributed by atoms with Crippen LogP contribution in [0.15, 0.2) is 24.4 Å². The van der Waals surface area contributed by atoms with Crippen molar-refractivity contribution in [3.63, 3.8) is 0 Å².